The predicted molar refractivity (Wildman–Crippen MR) is 37.5 cm³/mol. The van der Waals surface area contributed by atoms with E-state index in [0.717, 1.165) is 5.01 Å². The molecule has 5 heteroatoms. The first kappa shape index (κ1) is 7.14. The summed E-state index contributed by atoms with van der Waals surface area (Å²) in [6.07, 6.45) is 1.54. The Morgan fingerprint density at radius 1 is 1.90 bits per heavy atom. The van der Waals surface area contributed by atoms with E-state index in [4.69, 9.17) is 0 Å². The minimum atomic E-state index is -0.354. The van der Waals surface area contributed by atoms with Crippen molar-refractivity contribution in [3.63, 3.8) is 0 Å². The second kappa shape index (κ2) is 2.74. The van der Waals surface area contributed by atoms with E-state index >= 15 is 0 Å². The summed E-state index contributed by atoms with van der Waals surface area (Å²) in [6, 6.07) is 0. The van der Waals surface area contributed by atoms with Crippen LogP contribution in [0.25, 0.3) is 0 Å². The second-order valence-electron chi connectivity index (χ2n) is 1.84. The Kier molecular flexibility index (Phi) is 1.96. The monoisotopic (exact) mass is 158 g/mol. The maximum atomic E-state index is 9.96. The minimum absolute atomic E-state index is 0.106. The van der Waals surface area contributed by atoms with E-state index in [2.05, 4.69) is 4.98 Å². The summed E-state index contributed by atoms with van der Waals surface area (Å²) in [5, 5.41) is 10.8. The fourth-order valence-electron chi connectivity index (χ4n) is 0.606. The molecule has 0 amide bonds. The topological polar surface area (TPSA) is 56.0 Å². The van der Waals surface area contributed by atoms with Gasteiger partial charge in [-0.25, -0.2) is 4.98 Å². The fourth-order valence-corrected chi connectivity index (χ4v) is 1.37. The SMILES string of the molecule is Cc1ncc(C[N+](=O)[O-])s1. The third-order valence-electron chi connectivity index (χ3n) is 0.954. The van der Waals surface area contributed by atoms with Gasteiger partial charge in [0.2, 0.25) is 6.54 Å². The number of hydrogen-bond acceptors (Lipinski definition) is 4. The highest BCUT2D eigenvalue weighted by molar-refractivity contribution is 7.11. The molecule has 0 aliphatic carbocycles. The van der Waals surface area contributed by atoms with Crippen LogP contribution in [0, 0.1) is 17.0 Å². The van der Waals surface area contributed by atoms with E-state index in [-0.39, 0.29) is 11.5 Å². The third-order valence-corrected chi connectivity index (χ3v) is 1.85. The molecule has 54 valence electrons. The first-order chi connectivity index (χ1) is 4.68. The maximum absolute atomic E-state index is 9.96. The van der Waals surface area contributed by atoms with Gasteiger partial charge in [0.05, 0.1) is 9.88 Å². The number of nitrogens with zero attached hydrogens (tertiary/aromatic N) is 2. The molecule has 0 saturated heterocycles. The van der Waals surface area contributed by atoms with Crippen LogP contribution in [0.2, 0.25) is 0 Å². The third kappa shape index (κ3) is 1.77. The van der Waals surface area contributed by atoms with Crippen LogP contribution in [0.1, 0.15) is 9.88 Å². The molecule has 0 saturated carbocycles. The average molecular weight is 158 g/mol. The number of aryl methyl sites for hydroxylation is 1. The lowest BCUT2D eigenvalue weighted by molar-refractivity contribution is -0.496. The molecule has 0 spiro atoms. The Morgan fingerprint density at radius 2 is 2.60 bits per heavy atom. The van der Waals surface area contributed by atoms with Gasteiger partial charge in [0, 0.05) is 11.1 Å². The molecule has 0 unspecified atom stereocenters. The summed E-state index contributed by atoms with van der Waals surface area (Å²) in [6.45, 7) is 1.72. The van der Waals surface area contributed by atoms with E-state index < -0.39 is 0 Å². The Hall–Kier alpha value is -0.970. The molecule has 0 N–H and O–H groups in total. The summed E-state index contributed by atoms with van der Waals surface area (Å²) in [4.78, 5) is 14.2. The van der Waals surface area contributed by atoms with Crippen LogP contribution in [-0.4, -0.2) is 9.91 Å². The van der Waals surface area contributed by atoms with Gasteiger partial charge < -0.3 is 0 Å². The molecule has 0 fully saturated rings. The zero-order chi connectivity index (χ0) is 7.56. The highest BCUT2D eigenvalue weighted by atomic mass is 32.1. The molecule has 1 rings (SSSR count). The van der Waals surface area contributed by atoms with Crippen molar-refractivity contribution in [1.29, 1.82) is 0 Å². The number of nitro groups is 1. The van der Waals surface area contributed by atoms with E-state index in [1.807, 2.05) is 6.92 Å². The Balaban J connectivity index is 2.67. The minimum Gasteiger partial charge on any atom is -0.264 e. The molecule has 0 bridgehead atoms. The summed E-state index contributed by atoms with van der Waals surface area (Å²) in [7, 11) is 0. The van der Waals surface area contributed by atoms with Gasteiger partial charge in [-0.15, -0.1) is 11.3 Å². The Bertz CT molecular complexity index is 246. The van der Waals surface area contributed by atoms with E-state index in [0.29, 0.717) is 4.88 Å². The lowest BCUT2D eigenvalue weighted by Gasteiger charge is -1.83. The highest BCUT2D eigenvalue weighted by Crippen LogP contribution is 2.11. The van der Waals surface area contributed by atoms with Crippen LogP contribution in [0.3, 0.4) is 0 Å². The van der Waals surface area contributed by atoms with E-state index in [1.165, 1.54) is 11.3 Å². The van der Waals surface area contributed by atoms with Gasteiger partial charge in [0.15, 0.2) is 0 Å². The lowest BCUT2D eigenvalue weighted by Crippen LogP contribution is -1.94. The van der Waals surface area contributed by atoms with Gasteiger partial charge in [-0.2, -0.15) is 0 Å². The summed E-state index contributed by atoms with van der Waals surface area (Å²) in [5.41, 5.74) is 0. The molecule has 0 atom stereocenters. The molecule has 1 aromatic rings. The number of hydrogen-bond donors (Lipinski definition) is 0. The highest BCUT2D eigenvalue weighted by Gasteiger charge is 2.03. The van der Waals surface area contributed by atoms with Gasteiger partial charge in [0.1, 0.15) is 0 Å². The van der Waals surface area contributed by atoms with Crippen molar-refractivity contribution in [2.24, 2.45) is 0 Å². The molecule has 10 heavy (non-hydrogen) atoms. The smallest absolute Gasteiger partial charge is 0.239 e. The molecule has 0 aliphatic rings. The van der Waals surface area contributed by atoms with Crippen molar-refractivity contribution in [1.82, 2.24) is 4.98 Å². The summed E-state index contributed by atoms with van der Waals surface area (Å²) < 4.78 is 0. The predicted octanol–water partition coefficient (Wildman–Crippen LogP) is 1.23. The van der Waals surface area contributed by atoms with Crippen molar-refractivity contribution in [3.05, 3.63) is 26.2 Å². The molecule has 4 nitrogen and oxygen atoms in total. The van der Waals surface area contributed by atoms with E-state index in [1.54, 1.807) is 6.20 Å². The molecule has 0 aliphatic heterocycles. The standard InChI is InChI=1S/C5H6N2O2S/c1-4-6-2-5(10-4)3-7(8)9/h2H,3H2,1H3. The largest absolute Gasteiger partial charge is 0.264 e. The average Bonchev–Trinajstić information content (AvgIpc) is 2.13. The summed E-state index contributed by atoms with van der Waals surface area (Å²) in [5.74, 6) is 0. The van der Waals surface area contributed by atoms with Crippen molar-refractivity contribution < 1.29 is 4.92 Å². The zero-order valence-corrected chi connectivity index (χ0v) is 6.22. The fraction of sp³-hybridized carbons (Fsp3) is 0.400. The number of rotatable bonds is 2. The quantitative estimate of drug-likeness (QED) is 0.480. The van der Waals surface area contributed by atoms with Crippen molar-refractivity contribution in [2.45, 2.75) is 13.5 Å². The van der Waals surface area contributed by atoms with Crippen molar-refractivity contribution in [3.8, 4) is 0 Å². The second-order valence-corrected chi connectivity index (χ2v) is 3.16. The first-order valence-corrected chi connectivity index (χ1v) is 3.53. The van der Waals surface area contributed by atoms with Gasteiger partial charge in [-0.1, -0.05) is 0 Å². The van der Waals surface area contributed by atoms with Crippen molar-refractivity contribution in [2.75, 3.05) is 0 Å². The molecule has 0 radical (unpaired) electrons. The number of aromatic nitrogens is 1. The Morgan fingerprint density at radius 3 is 3.00 bits per heavy atom. The van der Waals surface area contributed by atoms with Gasteiger partial charge in [0.25, 0.3) is 0 Å². The van der Waals surface area contributed by atoms with Crippen molar-refractivity contribution >= 4 is 11.3 Å². The van der Waals surface area contributed by atoms with E-state index in [9.17, 15) is 10.1 Å². The van der Waals surface area contributed by atoms with Crippen LogP contribution >= 0.6 is 11.3 Å². The van der Waals surface area contributed by atoms with Crippen LogP contribution in [-0.2, 0) is 6.54 Å². The van der Waals surface area contributed by atoms with Gasteiger partial charge in [-0.3, -0.25) is 10.1 Å². The maximum Gasteiger partial charge on any atom is 0.239 e. The van der Waals surface area contributed by atoms with Gasteiger partial charge >= 0.3 is 0 Å². The molecular formula is C5H6N2O2S. The first-order valence-electron chi connectivity index (χ1n) is 2.71. The molecule has 1 aromatic heterocycles. The normalized spacial score (nSPS) is 9.70. The van der Waals surface area contributed by atoms with Crippen LogP contribution in [0.4, 0.5) is 0 Å². The molecule has 0 aromatic carbocycles. The van der Waals surface area contributed by atoms with Crippen LogP contribution < -0.4 is 0 Å². The van der Waals surface area contributed by atoms with Crippen LogP contribution in [0.5, 0.6) is 0 Å². The summed E-state index contributed by atoms with van der Waals surface area (Å²) >= 11 is 1.36. The Labute approximate surface area is 61.7 Å². The lowest BCUT2D eigenvalue weighted by atomic mass is 10.6. The molecule has 1 heterocycles. The van der Waals surface area contributed by atoms with Crippen LogP contribution in [0.15, 0.2) is 6.20 Å². The zero-order valence-electron chi connectivity index (χ0n) is 5.40. The van der Waals surface area contributed by atoms with Gasteiger partial charge in [-0.05, 0) is 6.92 Å². The molecular weight excluding hydrogens is 152 g/mol. The number of thiazole rings is 1.